The van der Waals surface area contributed by atoms with Gasteiger partial charge in [-0.3, -0.25) is 9.69 Å². The van der Waals surface area contributed by atoms with Gasteiger partial charge in [-0.05, 0) is 30.5 Å². The van der Waals surface area contributed by atoms with Crippen LogP contribution in [0.25, 0.3) is 0 Å². The predicted molar refractivity (Wildman–Crippen MR) is 83.8 cm³/mol. The second-order valence-electron chi connectivity index (χ2n) is 6.04. The maximum absolute atomic E-state index is 13.8. The molecule has 2 aliphatic heterocycles. The van der Waals surface area contributed by atoms with Gasteiger partial charge in [0, 0.05) is 26.2 Å². The molecule has 1 aromatic rings. The first-order valence-corrected chi connectivity index (χ1v) is 8.12. The van der Waals surface area contributed by atoms with E-state index in [1.807, 2.05) is 11.0 Å². The van der Waals surface area contributed by atoms with E-state index < -0.39 is 0 Å². The van der Waals surface area contributed by atoms with E-state index in [1.165, 1.54) is 13.2 Å². The normalized spacial score (nSPS) is 23.1. The molecule has 3 rings (SSSR count). The molecule has 1 atom stereocenters. The number of rotatable bonds is 4. The largest absolute Gasteiger partial charge is 0.494 e. The topological polar surface area (TPSA) is 42.0 Å². The van der Waals surface area contributed by atoms with E-state index in [2.05, 4.69) is 4.90 Å². The third kappa shape index (κ3) is 3.64. The van der Waals surface area contributed by atoms with Crippen molar-refractivity contribution in [1.82, 2.24) is 9.80 Å². The molecule has 0 N–H and O–H groups in total. The van der Waals surface area contributed by atoms with Crippen LogP contribution in [0, 0.1) is 5.82 Å². The minimum atomic E-state index is -0.390. The van der Waals surface area contributed by atoms with Crippen LogP contribution in [0.15, 0.2) is 18.2 Å². The van der Waals surface area contributed by atoms with Gasteiger partial charge in [0.25, 0.3) is 0 Å². The molecule has 0 saturated carbocycles. The van der Waals surface area contributed by atoms with Crippen molar-refractivity contribution in [3.63, 3.8) is 0 Å². The number of nitrogens with zero attached hydrogens (tertiary/aromatic N) is 2. The van der Waals surface area contributed by atoms with Crippen LogP contribution in [0.5, 0.6) is 5.75 Å². The van der Waals surface area contributed by atoms with Gasteiger partial charge in [0.2, 0.25) is 5.91 Å². The van der Waals surface area contributed by atoms with E-state index in [0.717, 1.165) is 38.0 Å². The zero-order chi connectivity index (χ0) is 16.2. The summed E-state index contributed by atoms with van der Waals surface area (Å²) in [6.07, 6.45) is 1.87. The van der Waals surface area contributed by atoms with Crippen LogP contribution in [0.1, 0.15) is 18.4 Å². The van der Waals surface area contributed by atoms with E-state index in [0.29, 0.717) is 19.8 Å². The molecular formula is C17H23FN2O3. The van der Waals surface area contributed by atoms with Crippen molar-refractivity contribution in [1.29, 1.82) is 0 Å². The lowest BCUT2D eigenvalue weighted by Gasteiger charge is -2.40. The number of carbonyl (C=O) groups excluding carboxylic acids is 1. The lowest BCUT2D eigenvalue weighted by Crippen LogP contribution is -2.54. The number of carbonyl (C=O) groups is 1. The fourth-order valence-electron chi connectivity index (χ4n) is 3.33. The average molecular weight is 322 g/mol. The molecule has 0 aliphatic carbocycles. The minimum absolute atomic E-state index is 0.0595. The summed E-state index contributed by atoms with van der Waals surface area (Å²) in [4.78, 5) is 16.8. The average Bonchev–Trinajstić information content (AvgIpc) is 2.58. The maximum atomic E-state index is 13.8. The standard InChI is InChI=1S/C17H23FN2O3/c1-22-16-5-4-13(11-14(16)18)12-20-6-2-3-15(17(20)21)19-7-9-23-10-8-19/h4-5,11,15H,2-3,6-10,12H2,1H3/t15-/m0/s1. The predicted octanol–water partition coefficient (Wildman–Crippen LogP) is 1.66. The zero-order valence-corrected chi connectivity index (χ0v) is 13.5. The molecule has 2 aliphatic rings. The number of ether oxygens (including phenoxy) is 2. The van der Waals surface area contributed by atoms with Gasteiger partial charge < -0.3 is 14.4 Å². The number of likely N-dealkylation sites (tertiary alicyclic amines) is 1. The Hall–Kier alpha value is -1.66. The SMILES string of the molecule is COc1ccc(CN2CCC[C@H](N3CCOCC3)C2=O)cc1F. The fourth-order valence-corrected chi connectivity index (χ4v) is 3.33. The van der Waals surface area contributed by atoms with Gasteiger partial charge in [-0.1, -0.05) is 6.07 Å². The van der Waals surface area contributed by atoms with Gasteiger partial charge in [-0.15, -0.1) is 0 Å². The van der Waals surface area contributed by atoms with Crippen LogP contribution in [0.3, 0.4) is 0 Å². The number of methoxy groups -OCH3 is 1. The summed E-state index contributed by atoms with van der Waals surface area (Å²) in [5, 5.41) is 0. The van der Waals surface area contributed by atoms with Gasteiger partial charge in [0.1, 0.15) is 0 Å². The van der Waals surface area contributed by atoms with Crippen molar-refractivity contribution >= 4 is 5.91 Å². The Bertz CT molecular complexity index is 561. The second-order valence-corrected chi connectivity index (χ2v) is 6.04. The highest BCUT2D eigenvalue weighted by molar-refractivity contribution is 5.82. The number of morpholine rings is 1. The molecule has 0 radical (unpaired) electrons. The van der Waals surface area contributed by atoms with E-state index >= 15 is 0 Å². The van der Waals surface area contributed by atoms with Crippen molar-refractivity contribution in [2.75, 3.05) is 40.0 Å². The van der Waals surface area contributed by atoms with Crippen LogP contribution in [0.2, 0.25) is 0 Å². The number of piperidine rings is 1. The molecule has 2 saturated heterocycles. The Morgan fingerprint density at radius 1 is 1.30 bits per heavy atom. The summed E-state index contributed by atoms with van der Waals surface area (Å²) in [5.74, 6) is -0.0153. The Kier molecular flexibility index (Phi) is 5.13. The highest BCUT2D eigenvalue weighted by Gasteiger charge is 2.33. The van der Waals surface area contributed by atoms with Crippen LogP contribution >= 0.6 is 0 Å². The Morgan fingerprint density at radius 2 is 2.09 bits per heavy atom. The number of halogens is 1. The molecule has 126 valence electrons. The molecule has 1 amide bonds. The fraction of sp³-hybridized carbons (Fsp3) is 0.588. The third-order valence-corrected chi connectivity index (χ3v) is 4.58. The van der Waals surface area contributed by atoms with Crippen LogP contribution in [-0.4, -0.2) is 61.7 Å². The number of amides is 1. The Morgan fingerprint density at radius 3 is 2.78 bits per heavy atom. The molecule has 2 heterocycles. The maximum Gasteiger partial charge on any atom is 0.240 e. The van der Waals surface area contributed by atoms with Crippen LogP contribution in [-0.2, 0) is 16.1 Å². The molecule has 0 bridgehead atoms. The summed E-state index contributed by atoms with van der Waals surface area (Å²) >= 11 is 0. The summed E-state index contributed by atoms with van der Waals surface area (Å²) in [6, 6.07) is 4.81. The molecule has 2 fully saturated rings. The van der Waals surface area contributed by atoms with E-state index in [4.69, 9.17) is 9.47 Å². The van der Waals surface area contributed by atoms with Gasteiger partial charge in [0.05, 0.1) is 26.4 Å². The monoisotopic (exact) mass is 322 g/mol. The number of benzene rings is 1. The Labute approximate surface area is 136 Å². The van der Waals surface area contributed by atoms with Crippen molar-refractivity contribution < 1.29 is 18.7 Å². The molecule has 0 spiro atoms. The first kappa shape index (κ1) is 16.2. The van der Waals surface area contributed by atoms with Crippen LogP contribution < -0.4 is 4.74 Å². The molecule has 1 aromatic carbocycles. The van der Waals surface area contributed by atoms with Gasteiger partial charge >= 0.3 is 0 Å². The molecule has 0 aromatic heterocycles. The molecule has 5 nitrogen and oxygen atoms in total. The van der Waals surface area contributed by atoms with Gasteiger partial charge in [-0.25, -0.2) is 4.39 Å². The quantitative estimate of drug-likeness (QED) is 0.845. The highest BCUT2D eigenvalue weighted by Crippen LogP contribution is 2.23. The highest BCUT2D eigenvalue weighted by atomic mass is 19.1. The summed E-state index contributed by atoms with van der Waals surface area (Å²) < 4.78 is 24.1. The number of hydrogen-bond donors (Lipinski definition) is 0. The number of hydrogen-bond acceptors (Lipinski definition) is 4. The summed E-state index contributed by atoms with van der Waals surface area (Å²) in [5.41, 5.74) is 0.791. The lowest BCUT2D eigenvalue weighted by atomic mass is 10.0. The van der Waals surface area contributed by atoms with Gasteiger partial charge in [-0.2, -0.15) is 0 Å². The molecule has 0 unspecified atom stereocenters. The second kappa shape index (κ2) is 7.27. The van der Waals surface area contributed by atoms with Crippen molar-refractivity contribution in [2.45, 2.75) is 25.4 Å². The zero-order valence-electron chi connectivity index (χ0n) is 13.5. The van der Waals surface area contributed by atoms with Crippen molar-refractivity contribution in [2.24, 2.45) is 0 Å². The van der Waals surface area contributed by atoms with E-state index in [-0.39, 0.29) is 23.5 Å². The van der Waals surface area contributed by atoms with Crippen molar-refractivity contribution in [3.05, 3.63) is 29.6 Å². The summed E-state index contributed by atoms with van der Waals surface area (Å²) in [6.45, 7) is 4.16. The summed E-state index contributed by atoms with van der Waals surface area (Å²) in [7, 11) is 1.44. The first-order valence-electron chi connectivity index (χ1n) is 8.12. The van der Waals surface area contributed by atoms with E-state index in [1.54, 1.807) is 6.07 Å². The van der Waals surface area contributed by atoms with Crippen molar-refractivity contribution in [3.8, 4) is 5.75 Å². The first-order chi connectivity index (χ1) is 11.2. The molecular weight excluding hydrogens is 299 g/mol. The third-order valence-electron chi connectivity index (χ3n) is 4.58. The molecule has 23 heavy (non-hydrogen) atoms. The van der Waals surface area contributed by atoms with Crippen LogP contribution in [0.4, 0.5) is 4.39 Å². The minimum Gasteiger partial charge on any atom is -0.494 e. The van der Waals surface area contributed by atoms with Gasteiger partial charge in [0.15, 0.2) is 11.6 Å². The Balaban J connectivity index is 1.67. The smallest absolute Gasteiger partial charge is 0.240 e. The van der Waals surface area contributed by atoms with E-state index in [9.17, 15) is 9.18 Å². The lowest BCUT2D eigenvalue weighted by molar-refractivity contribution is -0.142. The molecule has 6 heteroatoms.